The minimum absolute atomic E-state index is 0.0175. The van der Waals surface area contributed by atoms with Gasteiger partial charge in [0.1, 0.15) is 12.1 Å². The van der Waals surface area contributed by atoms with E-state index in [1.165, 1.54) is 28.6 Å². The smallest absolute Gasteiger partial charge is 0.243 e. The second kappa shape index (κ2) is 7.06. The van der Waals surface area contributed by atoms with Crippen LogP contribution in [0.2, 0.25) is 5.02 Å². The molecule has 0 saturated carbocycles. The highest BCUT2D eigenvalue weighted by Crippen LogP contribution is 2.44. The van der Waals surface area contributed by atoms with Crippen molar-refractivity contribution in [2.24, 2.45) is 5.92 Å². The first-order valence-electron chi connectivity index (χ1n) is 8.88. The summed E-state index contributed by atoms with van der Waals surface area (Å²) in [7, 11) is -3.91. The van der Waals surface area contributed by atoms with Gasteiger partial charge in [0.05, 0.1) is 10.8 Å². The first-order valence-corrected chi connectivity index (χ1v) is 10.7. The molecule has 4 atom stereocenters. The highest BCUT2D eigenvalue weighted by Gasteiger charge is 2.53. The molecule has 3 heterocycles. The van der Waals surface area contributed by atoms with Gasteiger partial charge in [0.15, 0.2) is 5.82 Å². The summed E-state index contributed by atoms with van der Waals surface area (Å²) >= 11 is 5.87. The number of halogens is 1. The summed E-state index contributed by atoms with van der Waals surface area (Å²) in [5, 5.41) is 4.22. The van der Waals surface area contributed by atoms with Crippen LogP contribution in [0.4, 0.5) is 0 Å². The second-order valence-electron chi connectivity index (χ2n) is 7.19. The maximum atomic E-state index is 13.3. The van der Waals surface area contributed by atoms with Crippen molar-refractivity contribution >= 4 is 33.7 Å². The van der Waals surface area contributed by atoms with Gasteiger partial charge in [0.2, 0.25) is 15.9 Å². The van der Waals surface area contributed by atoms with E-state index in [-0.39, 0.29) is 29.4 Å². The van der Waals surface area contributed by atoms with Crippen molar-refractivity contribution in [2.45, 2.75) is 49.1 Å². The summed E-state index contributed by atoms with van der Waals surface area (Å²) in [5.41, 5.74) is 0. The molecule has 0 N–H and O–H groups in total. The summed E-state index contributed by atoms with van der Waals surface area (Å²) in [6.45, 7) is 1.70. The molecule has 2 aliphatic heterocycles. The largest absolute Gasteiger partial charge is 0.339 e. The van der Waals surface area contributed by atoms with Crippen molar-refractivity contribution in [3.63, 3.8) is 0 Å². The first kappa shape index (κ1) is 19.2. The summed E-state index contributed by atoms with van der Waals surface area (Å²) < 4.78 is 33.3. The van der Waals surface area contributed by atoms with Gasteiger partial charge in [-0.1, -0.05) is 16.8 Å². The van der Waals surface area contributed by atoms with Crippen molar-refractivity contribution < 1.29 is 22.5 Å². The number of piperidine rings is 2. The van der Waals surface area contributed by atoms with Crippen LogP contribution in [-0.2, 0) is 19.6 Å². The number of Topliss-reactive ketones (excluding diaryl/α,β-unsaturated/α-hetero) is 1. The molecule has 148 valence electrons. The van der Waals surface area contributed by atoms with E-state index in [1.54, 1.807) is 6.92 Å². The SMILES string of the molecule is Cc1noc(C2CC3CC(=O)C(C=O)C(C2)N3S(=O)(=O)c2ccc(Cl)cc2)n1. The third kappa shape index (κ3) is 3.17. The van der Waals surface area contributed by atoms with Crippen LogP contribution in [0.15, 0.2) is 33.7 Å². The van der Waals surface area contributed by atoms with Gasteiger partial charge in [-0.3, -0.25) is 4.79 Å². The standard InChI is InChI=1S/C18H18ClN3O5S/c1-10-20-18(27-21-10)11-6-13-8-17(24)15(9-23)16(7-11)22(13)28(25,26)14-4-2-12(19)3-5-14/h2-5,9,11,13,15-16H,6-8H2,1H3. The van der Waals surface area contributed by atoms with Gasteiger partial charge in [-0.2, -0.15) is 9.29 Å². The molecule has 2 saturated heterocycles. The Morgan fingerprint density at radius 1 is 1.25 bits per heavy atom. The average Bonchev–Trinajstić information content (AvgIpc) is 3.08. The monoisotopic (exact) mass is 423 g/mol. The van der Waals surface area contributed by atoms with E-state index in [1.807, 2.05) is 0 Å². The van der Waals surface area contributed by atoms with Gasteiger partial charge in [-0.05, 0) is 44.0 Å². The fourth-order valence-corrected chi connectivity index (χ4v) is 6.18. The number of sulfonamides is 1. The van der Waals surface area contributed by atoms with Crippen LogP contribution in [0.5, 0.6) is 0 Å². The maximum absolute atomic E-state index is 13.3. The van der Waals surface area contributed by atoms with Crippen molar-refractivity contribution in [1.82, 2.24) is 14.4 Å². The highest BCUT2D eigenvalue weighted by molar-refractivity contribution is 7.89. The fourth-order valence-electron chi connectivity index (χ4n) is 4.21. The molecular weight excluding hydrogens is 406 g/mol. The van der Waals surface area contributed by atoms with E-state index < -0.39 is 28.0 Å². The minimum atomic E-state index is -3.91. The number of aldehydes is 1. The molecule has 10 heteroatoms. The molecule has 4 unspecified atom stereocenters. The third-order valence-electron chi connectivity index (χ3n) is 5.42. The van der Waals surface area contributed by atoms with Crippen LogP contribution in [0.3, 0.4) is 0 Å². The molecule has 1 aromatic heterocycles. The van der Waals surface area contributed by atoms with Gasteiger partial charge in [0.25, 0.3) is 0 Å². The van der Waals surface area contributed by atoms with Gasteiger partial charge in [-0.25, -0.2) is 8.42 Å². The van der Waals surface area contributed by atoms with Crippen molar-refractivity contribution in [3.8, 4) is 0 Å². The van der Waals surface area contributed by atoms with E-state index in [4.69, 9.17) is 16.1 Å². The van der Waals surface area contributed by atoms with Gasteiger partial charge in [0, 0.05) is 29.4 Å². The quantitative estimate of drug-likeness (QED) is 0.547. The predicted octanol–water partition coefficient (Wildman–Crippen LogP) is 2.12. The normalized spacial score (nSPS) is 28.3. The number of carbonyl (C=O) groups excluding carboxylic acids is 2. The number of carbonyl (C=O) groups is 2. The Balaban J connectivity index is 1.74. The van der Waals surface area contributed by atoms with E-state index in [2.05, 4.69) is 10.1 Å². The lowest BCUT2D eigenvalue weighted by Gasteiger charge is -2.48. The molecule has 0 amide bonds. The molecule has 8 nitrogen and oxygen atoms in total. The molecule has 2 aliphatic rings. The van der Waals surface area contributed by atoms with Gasteiger partial charge in [-0.15, -0.1) is 0 Å². The molecule has 1 aromatic carbocycles. The topological polar surface area (TPSA) is 110 Å². The lowest BCUT2D eigenvalue weighted by atomic mass is 9.74. The van der Waals surface area contributed by atoms with E-state index in [9.17, 15) is 18.0 Å². The van der Waals surface area contributed by atoms with Crippen LogP contribution in [0.25, 0.3) is 0 Å². The van der Waals surface area contributed by atoms with Gasteiger partial charge >= 0.3 is 0 Å². The van der Waals surface area contributed by atoms with Gasteiger partial charge < -0.3 is 9.32 Å². The molecule has 28 heavy (non-hydrogen) atoms. The molecular formula is C18H18ClN3O5S. The third-order valence-corrected chi connectivity index (χ3v) is 7.66. The number of rotatable bonds is 4. The number of hydrogen-bond donors (Lipinski definition) is 0. The van der Waals surface area contributed by atoms with E-state index in [0.29, 0.717) is 29.4 Å². The molecule has 0 radical (unpaired) electrons. The van der Waals surface area contributed by atoms with Crippen molar-refractivity contribution in [3.05, 3.63) is 41.0 Å². The number of fused-ring (bicyclic) bond motifs is 2. The second-order valence-corrected chi connectivity index (χ2v) is 9.47. The van der Waals surface area contributed by atoms with E-state index in [0.717, 1.165) is 0 Å². The first-order chi connectivity index (χ1) is 13.3. The predicted molar refractivity (Wildman–Crippen MR) is 98.2 cm³/mol. The zero-order valence-electron chi connectivity index (χ0n) is 15.0. The summed E-state index contributed by atoms with van der Waals surface area (Å²) in [6, 6.07) is 4.51. The Morgan fingerprint density at radius 2 is 1.96 bits per heavy atom. The summed E-state index contributed by atoms with van der Waals surface area (Å²) in [4.78, 5) is 28.4. The molecule has 2 aromatic rings. The van der Waals surface area contributed by atoms with Crippen LogP contribution < -0.4 is 0 Å². The van der Waals surface area contributed by atoms with Crippen molar-refractivity contribution in [2.75, 3.05) is 0 Å². The Morgan fingerprint density at radius 3 is 2.57 bits per heavy atom. The minimum Gasteiger partial charge on any atom is -0.339 e. The molecule has 0 aliphatic carbocycles. The number of benzene rings is 1. The van der Waals surface area contributed by atoms with Crippen LogP contribution >= 0.6 is 11.6 Å². The van der Waals surface area contributed by atoms with Crippen LogP contribution in [0, 0.1) is 12.8 Å². The molecule has 2 bridgehead atoms. The zero-order valence-corrected chi connectivity index (χ0v) is 16.6. The van der Waals surface area contributed by atoms with Crippen LogP contribution in [-0.4, -0.2) is 47.0 Å². The van der Waals surface area contributed by atoms with Crippen LogP contribution in [0.1, 0.15) is 36.9 Å². The average molecular weight is 424 g/mol. The number of nitrogens with zero attached hydrogens (tertiary/aromatic N) is 3. The maximum Gasteiger partial charge on any atom is 0.243 e. The number of aryl methyl sites for hydroxylation is 1. The highest BCUT2D eigenvalue weighted by atomic mass is 35.5. The Hall–Kier alpha value is -2.10. The zero-order chi connectivity index (χ0) is 20.1. The number of ketones is 1. The molecule has 0 spiro atoms. The summed E-state index contributed by atoms with van der Waals surface area (Å²) in [5.74, 6) is -0.546. The summed E-state index contributed by atoms with van der Waals surface area (Å²) in [6.07, 6.45) is 1.17. The number of aromatic nitrogens is 2. The Bertz CT molecular complexity index is 1020. The molecule has 2 fully saturated rings. The van der Waals surface area contributed by atoms with Crippen molar-refractivity contribution in [1.29, 1.82) is 0 Å². The lowest BCUT2D eigenvalue weighted by molar-refractivity contribution is -0.135. The Labute approximate surface area is 166 Å². The van der Waals surface area contributed by atoms with E-state index >= 15 is 0 Å². The number of hydrogen-bond acceptors (Lipinski definition) is 7. The Kier molecular flexibility index (Phi) is 4.84. The molecule has 4 rings (SSSR count). The lowest BCUT2D eigenvalue weighted by Crippen LogP contribution is -2.60. The fraction of sp³-hybridized carbons (Fsp3) is 0.444.